The molecule has 7 nitrogen and oxygen atoms in total. The third-order valence-electron chi connectivity index (χ3n) is 5.86. The van der Waals surface area contributed by atoms with Crippen molar-refractivity contribution in [1.82, 2.24) is 9.97 Å². The van der Waals surface area contributed by atoms with E-state index < -0.39 is 23.5 Å². The Kier molecular flexibility index (Phi) is 6.19. The number of hydrogen-bond donors (Lipinski definition) is 1. The number of Topliss-reactive ketones (excluding diaryl/α,β-unsaturated/α-hetero) is 1. The van der Waals surface area contributed by atoms with Crippen LogP contribution in [0, 0.1) is 20.8 Å². The van der Waals surface area contributed by atoms with Gasteiger partial charge in [-0.15, -0.1) is 11.3 Å². The molecular weight excluding hydrogens is 494 g/mol. The summed E-state index contributed by atoms with van der Waals surface area (Å²) in [6.45, 7) is 9.57. The lowest BCUT2D eigenvalue weighted by Gasteiger charge is -2.24. The van der Waals surface area contributed by atoms with E-state index in [1.54, 1.807) is 37.3 Å². The maximum Gasteiger partial charge on any atom is 0.296 e. The van der Waals surface area contributed by atoms with Gasteiger partial charge in [0.2, 0.25) is 5.78 Å². The van der Waals surface area contributed by atoms with Crippen molar-refractivity contribution >= 4 is 49.7 Å². The molecule has 0 saturated carbocycles. The number of carbonyl (C=O) groups is 2. The van der Waals surface area contributed by atoms with Crippen LogP contribution in [0.3, 0.4) is 0 Å². The first-order chi connectivity index (χ1) is 17.3. The van der Waals surface area contributed by atoms with Crippen molar-refractivity contribution in [3.63, 3.8) is 0 Å². The Labute approximate surface area is 216 Å². The molecule has 5 rings (SSSR count). The molecule has 1 aliphatic heterocycles. The minimum absolute atomic E-state index is 0.0157. The molecule has 0 radical (unpaired) electrons. The van der Waals surface area contributed by atoms with E-state index in [-0.39, 0.29) is 5.57 Å². The lowest BCUT2D eigenvalue weighted by Crippen LogP contribution is -2.31. The molecule has 0 fully saturated rings. The fraction of sp³-hybridized carbons (Fsp3) is 0.185. The maximum atomic E-state index is 13.7. The first-order valence-corrected chi connectivity index (χ1v) is 12.9. The number of benzene rings is 2. The number of aliphatic hydroxyl groups excluding tert-OH is 1. The average Bonchev–Trinajstić information content (AvgIpc) is 3.50. The van der Waals surface area contributed by atoms with E-state index in [0.29, 0.717) is 33.6 Å². The quantitative estimate of drug-likeness (QED) is 0.238. The van der Waals surface area contributed by atoms with Gasteiger partial charge in [-0.25, -0.2) is 9.97 Å². The Morgan fingerprint density at radius 2 is 1.89 bits per heavy atom. The number of amides is 1. The second-order valence-electron chi connectivity index (χ2n) is 8.45. The Hall–Kier alpha value is -3.82. The molecule has 36 heavy (non-hydrogen) atoms. The molecule has 2 aromatic heterocycles. The molecule has 1 aliphatic rings. The smallest absolute Gasteiger partial charge is 0.296 e. The number of ketones is 1. The fourth-order valence-corrected chi connectivity index (χ4v) is 6.20. The van der Waals surface area contributed by atoms with Crippen LogP contribution in [0.15, 0.2) is 66.5 Å². The van der Waals surface area contributed by atoms with Crippen molar-refractivity contribution in [3.05, 3.63) is 93.2 Å². The van der Waals surface area contributed by atoms with Gasteiger partial charge >= 0.3 is 0 Å². The molecular formula is C27H23N3O4S2. The molecule has 4 aromatic rings. The van der Waals surface area contributed by atoms with Gasteiger partial charge in [0.25, 0.3) is 5.91 Å². The van der Waals surface area contributed by atoms with E-state index in [1.807, 2.05) is 32.0 Å². The number of anilines is 1. The number of hydrogen-bond acceptors (Lipinski definition) is 8. The lowest BCUT2D eigenvalue weighted by atomic mass is 9.95. The Balaban J connectivity index is 1.64. The van der Waals surface area contributed by atoms with Crippen LogP contribution in [-0.2, 0) is 4.79 Å². The highest BCUT2D eigenvalue weighted by Crippen LogP contribution is 2.45. The standard InChI is InChI=1S/C27H23N3O4S2/c1-5-12-34-18-9-7-17(8-10-18)22-21(23(31)25-15(3)28-16(4)35-25)24(32)26(33)30(22)27-29-19-11-6-14(2)13-20(19)36-27/h5-11,13,22,32H,1,12H2,2-4H3. The number of aliphatic hydroxyl groups is 1. The van der Waals surface area contributed by atoms with E-state index in [4.69, 9.17) is 4.74 Å². The van der Waals surface area contributed by atoms with Gasteiger partial charge in [0, 0.05) is 0 Å². The number of rotatable bonds is 7. The van der Waals surface area contributed by atoms with Crippen LogP contribution in [0.25, 0.3) is 10.2 Å². The maximum absolute atomic E-state index is 13.7. The second-order valence-corrected chi connectivity index (χ2v) is 10.7. The van der Waals surface area contributed by atoms with Gasteiger partial charge in [-0.1, -0.05) is 42.2 Å². The molecule has 2 aromatic carbocycles. The molecule has 0 spiro atoms. The highest BCUT2D eigenvalue weighted by molar-refractivity contribution is 7.22. The Morgan fingerprint density at radius 1 is 1.14 bits per heavy atom. The van der Waals surface area contributed by atoms with E-state index in [2.05, 4.69) is 16.5 Å². The summed E-state index contributed by atoms with van der Waals surface area (Å²) in [7, 11) is 0. The molecule has 182 valence electrons. The predicted molar refractivity (Wildman–Crippen MR) is 142 cm³/mol. The van der Waals surface area contributed by atoms with Crippen LogP contribution in [0.5, 0.6) is 5.75 Å². The third kappa shape index (κ3) is 4.10. The zero-order chi connectivity index (χ0) is 25.6. The van der Waals surface area contributed by atoms with Gasteiger partial charge in [0.1, 0.15) is 12.4 Å². The Bertz CT molecular complexity index is 1550. The minimum atomic E-state index is -0.859. The van der Waals surface area contributed by atoms with E-state index in [0.717, 1.165) is 20.8 Å². The molecule has 1 unspecified atom stereocenters. The first-order valence-electron chi connectivity index (χ1n) is 11.2. The van der Waals surface area contributed by atoms with E-state index >= 15 is 0 Å². The van der Waals surface area contributed by atoms with Crippen LogP contribution in [-0.4, -0.2) is 33.4 Å². The zero-order valence-corrected chi connectivity index (χ0v) is 21.6. The van der Waals surface area contributed by atoms with Gasteiger partial charge in [-0.3, -0.25) is 14.5 Å². The molecule has 0 saturated heterocycles. The SMILES string of the molecule is C=CCOc1ccc(C2C(C(=O)c3sc(C)nc3C)=C(O)C(=O)N2c2nc3ccc(C)cc3s2)cc1. The lowest BCUT2D eigenvalue weighted by molar-refractivity contribution is -0.117. The van der Waals surface area contributed by atoms with E-state index in [9.17, 15) is 14.7 Å². The van der Waals surface area contributed by atoms with Crippen molar-refractivity contribution in [3.8, 4) is 5.75 Å². The fourth-order valence-electron chi connectivity index (χ4n) is 4.24. The molecule has 0 aliphatic carbocycles. The average molecular weight is 518 g/mol. The molecule has 9 heteroatoms. The third-order valence-corrected chi connectivity index (χ3v) is 7.95. The van der Waals surface area contributed by atoms with Gasteiger partial charge < -0.3 is 9.84 Å². The number of ether oxygens (including phenoxy) is 1. The molecule has 1 N–H and O–H groups in total. The summed E-state index contributed by atoms with van der Waals surface area (Å²) >= 11 is 2.59. The number of fused-ring (bicyclic) bond motifs is 1. The summed E-state index contributed by atoms with van der Waals surface area (Å²) in [6, 6.07) is 12.1. The summed E-state index contributed by atoms with van der Waals surface area (Å²) in [5.41, 5.74) is 3.05. The highest BCUT2D eigenvalue weighted by atomic mass is 32.1. The van der Waals surface area contributed by atoms with Crippen molar-refractivity contribution in [1.29, 1.82) is 0 Å². The molecule has 3 heterocycles. The minimum Gasteiger partial charge on any atom is -0.503 e. The van der Waals surface area contributed by atoms with Gasteiger partial charge in [-0.2, -0.15) is 0 Å². The van der Waals surface area contributed by atoms with Gasteiger partial charge in [0.15, 0.2) is 10.9 Å². The number of aromatic nitrogens is 2. The van der Waals surface area contributed by atoms with Crippen LogP contribution >= 0.6 is 22.7 Å². The summed E-state index contributed by atoms with van der Waals surface area (Å²) in [5.74, 6) is -1.02. The van der Waals surface area contributed by atoms with Crippen LogP contribution in [0.4, 0.5) is 5.13 Å². The van der Waals surface area contributed by atoms with Crippen molar-refractivity contribution in [2.75, 3.05) is 11.5 Å². The summed E-state index contributed by atoms with van der Waals surface area (Å²) in [4.78, 5) is 38.0. The van der Waals surface area contributed by atoms with Crippen LogP contribution in [0.2, 0.25) is 0 Å². The summed E-state index contributed by atoms with van der Waals surface area (Å²) in [5, 5.41) is 12.2. The van der Waals surface area contributed by atoms with E-state index in [1.165, 1.54) is 27.6 Å². The van der Waals surface area contributed by atoms with Gasteiger partial charge in [-0.05, 0) is 56.2 Å². The number of aryl methyl sites for hydroxylation is 3. The monoisotopic (exact) mass is 517 g/mol. The number of nitrogens with zero attached hydrogens (tertiary/aromatic N) is 3. The normalized spacial score (nSPS) is 15.7. The number of carbonyl (C=O) groups excluding carboxylic acids is 2. The summed E-state index contributed by atoms with van der Waals surface area (Å²) < 4.78 is 6.51. The van der Waals surface area contributed by atoms with Crippen LogP contribution < -0.4 is 9.64 Å². The molecule has 1 amide bonds. The predicted octanol–water partition coefficient (Wildman–Crippen LogP) is 6.03. The Morgan fingerprint density at radius 3 is 2.56 bits per heavy atom. The van der Waals surface area contributed by atoms with Crippen molar-refractivity contribution < 1.29 is 19.4 Å². The highest BCUT2D eigenvalue weighted by Gasteiger charge is 2.46. The number of thiazole rings is 2. The largest absolute Gasteiger partial charge is 0.503 e. The topological polar surface area (TPSA) is 92.6 Å². The molecule has 1 atom stereocenters. The van der Waals surface area contributed by atoms with Gasteiger partial charge in [0.05, 0.1) is 37.4 Å². The van der Waals surface area contributed by atoms with Crippen molar-refractivity contribution in [2.24, 2.45) is 0 Å². The summed E-state index contributed by atoms with van der Waals surface area (Å²) in [6.07, 6.45) is 1.65. The first kappa shape index (κ1) is 23.9. The van der Waals surface area contributed by atoms with Crippen molar-refractivity contribution in [2.45, 2.75) is 26.8 Å². The second kappa shape index (κ2) is 9.33. The van der Waals surface area contributed by atoms with Crippen LogP contribution in [0.1, 0.15) is 37.5 Å². The molecule has 0 bridgehead atoms. The zero-order valence-electron chi connectivity index (χ0n) is 19.9.